The monoisotopic (exact) mass is 273 g/mol. The molecule has 0 unspecified atom stereocenters. The summed E-state index contributed by atoms with van der Waals surface area (Å²) in [6.07, 6.45) is 5.11. The number of urea groups is 1. The molecule has 0 radical (unpaired) electrons. The van der Waals surface area contributed by atoms with E-state index in [4.69, 9.17) is 5.73 Å². The van der Waals surface area contributed by atoms with Crippen molar-refractivity contribution in [2.24, 2.45) is 17.6 Å². The molecule has 0 bridgehead atoms. The summed E-state index contributed by atoms with van der Waals surface area (Å²) in [5.41, 5.74) is 7.51. The number of nitrogens with two attached hydrogens (primary N) is 1. The summed E-state index contributed by atoms with van der Waals surface area (Å²) < 4.78 is 0. The highest BCUT2D eigenvalue weighted by Crippen LogP contribution is 2.33. The third-order valence-corrected chi connectivity index (χ3v) is 4.08. The Morgan fingerprint density at radius 3 is 2.10 bits per heavy atom. The summed E-state index contributed by atoms with van der Waals surface area (Å²) >= 11 is 0. The summed E-state index contributed by atoms with van der Waals surface area (Å²) in [6.45, 7) is 2.37. The van der Waals surface area contributed by atoms with Gasteiger partial charge in [-0.15, -0.1) is 0 Å². The van der Waals surface area contributed by atoms with E-state index in [-0.39, 0.29) is 6.03 Å². The standard InChI is InChI=1S/C16H23N3O/c17-9-12-5-7-15(8-6-12)18-16(20)19(10-13-1-2-13)11-14-3-4-14/h5-8,13-14H,1-4,9-11,17H2,(H,18,20). The summed E-state index contributed by atoms with van der Waals surface area (Å²) in [5.74, 6) is 1.47. The molecule has 108 valence electrons. The number of hydrogen-bond acceptors (Lipinski definition) is 2. The van der Waals surface area contributed by atoms with E-state index >= 15 is 0 Å². The maximum Gasteiger partial charge on any atom is 0.321 e. The Morgan fingerprint density at radius 1 is 1.10 bits per heavy atom. The number of amides is 2. The van der Waals surface area contributed by atoms with Crippen molar-refractivity contribution in [1.82, 2.24) is 4.90 Å². The van der Waals surface area contributed by atoms with Crippen LogP contribution in [0.2, 0.25) is 0 Å². The smallest absolute Gasteiger partial charge is 0.321 e. The van der Waals surface area contributed by atoms with E-state index in [1.807, 2.05) is 29.2 Å². The van der Waals surface area contributed by atoms with Crippen LogP contribution in [0.15, 0.2) is 24.3 Å². The van der Waals surface area contributed by atoms with Crippen LogP contribution in [0.1, 0.15) is 31.2 Å². The Bertz CT molecular complexity index is 449. The van der Waals surface area contributed by atoms with Gasteiger partial charge in [-0.3, -0.25) is 0 Å². The third kappa shape index (κ3) is 3.73. The van der Waals surface area contributed by atoms with Crippen LogP contribution in [0, 0.1) is 11.8 Å². The number of rotatable bonds is 6. The molecule has 3 rings (SSSR count). The van der Waals surface area contributed by atoms with Crippen molar-refractivity contribution in [2.75, 3.05) is 18.4 Å². The summed E-state index contributed by atoms with van der Waals surface area (Å²) in [6, 6.07) is 7.81. The maximum absolute atomic E-state index is 12.4. The minimum absolute atomic E-state index is 0.0456. The second-order valence-electron chi connectivity index (χ2n) is 6.12. The first-order chi connectivity index (χ1) is 9.74. The maximum atomic E-state index is 12.4. The van der Waals surface area contributed by atoms with E-state index in [2.05, 4.69) is 5.32 Å². The van der Waals surface area contributed by atoms with Crippen LogP contribution in [0.4, 0.5) is 10.5 Å². The van der Waals surface area contributed by atoms with Crippen molar-refractivity contribution in [3.8, 4) is 0 Å². The summed E-state index contributed by atoms with van der Waals surface area (Å²) in [5, 5.41) is 3.01. The number of nitrogens with one attached hydrogen (secondary N) is 1. The lowest BCUT2D eigenvalue weighted by Gasteiger charge is -2.23. The molecule has 4 nitrogen and oxygen atoms in total. The lowest BCUT2D eigenvalue weighted by molar-refractivity contribution is 0.206. The molecule has 2 aliphatic rings. The van der Waals surface area contributed by atoms with Crippen molar-refractivity contribution in [2.45, 2.75) is 32.2 Å². The fourth-order valence-electron chi connectivity index (χ4n) is 2.39. The molecule has 1 aromatic carbocycles. The van der Waals surface area contributed by atoms with E-state index in [9.17, 15) is 4.79 Å². The van der Waals surface area contributed by atoms with E-state index in [0.29, 0.717) is 6.54 Å². The first kappa shape index (κ1) is 13.4. The predicted molar refractivity (Wildman–Crippen MR) is 80.4 cm³/mol. The first-order valence-corrected chi connectivity index (χ1v) is 7.59. The average Bonchev–Trinajstić information content (AvgIpc) is 3.34. The Hall–Kier alpha value is -1.55. The number of anilines is 1. The van der Waals surface area contributed by atoms with Crippen LogP contribution in [-0.2, 0) is 6.54 Å². The quantitative estimate of drug-likeness (QED) is 0.837. The van der Waals surface area contributed by atoms with E-state index in [1.54, 1.807) is 0 Å². The zero-order valence-corrected chi connectivity index (χ0v) is 11.8. The second-order valence-corrected chi connectivity index (χ2v) is 6.12. The zero-order chi connectivity index (χ0) is 13.9. The van der Waals surface area contributed by atoms with Crippen molar-refractivity contribution < 1.29 is 4.79 Å². The molecule has 0 aliphatic heterocycles. The van der Waals surface area contributed by atoms with Gasteiger partial charge in [0.15, 0.2) is 0 Å². The van der Waals surface area contributed by atoms with Gasteiger partial charge in [0.1, 0.15) is 0 Å². The molecule has 4 heteroatoms. The topological polar surface area (TPSA) is 58.4 Å². The Labute approximate surface area is 120 Å². The molecule has 2 aliphatic carbocycles. The molecule has 2 fully saturated rings. The fourth-order valence-corrected chi connectivity index (χ4v) is 2.39. The van der Waals surface area contributed by atoms with Gasteiger partial charge in [-0.1, -0.05) is 12.1 Å². The van der Waals surface area contributed by atoms with Gasteiger partial charge in [0.05, 0.1) is 0 Å². The molecule has 2 saturated carbocycles. The Kier molecular flexibility index (Phi) is 3.92. The van der Waals surface area contributed by atoms with Crippen LogP contribution in [0.3, 0.4) is 0 Å². The lowest BCUT2D eigenvalue weighted by Crippen LogP contribution is -2.38. The molecule has 0 spiro atoms. The van der Waals surface area contributed by atoms with Gasteiger partial charge < -0.3 is 16.0 Å². The molecule has 3 N–H and O–H groups in total. The van der Waals surface area contributed by atoms with Crippen LogP contribution in [0.25, 0.3) is 0 Å². The molecule has 0 atom stereocenters. The van der Waals surface area contributed by atoms with Crippen molar-refractivity contribution in [3.05, 3.63) is 29.8 Å². The molecule has 0 heterocycles. The second kappa shape index (κ2) is 5.83. The predicted octanol–water partition coefficient (Wildman–Crippen LogP) is 2.80. The minimum atomic E-state index is 0.0456. The molecule has 0 aromatic heterocycles. The van der Waals surface area contributed by atoms with Crippen molar-refractivity contribution >= 4 is 11.7 Å². The van der Waals surface area contributed by atoms with Crippen LogP contribution >= 0.6 is 0 Å². The van der Waals surface area contributed by atoms with E-state index in [1.165, 1.54) is 25.7 Å². The van der Waals surface area contributed by atoms with Gasteiger partial charge in [0.25, 0.3) is 0 Å². The van der Waals surface area contributed by atoms with Crippen LogP contribution in [-0.4, -0.2) is 24.0 Å². The Morgan fingerprint density at radius 2 is 1.65 bits per heavy atom. The third-order valence-electron chi connectivity index (χ3n) is 4.08. The number of benzene rings is 1. The van der Waals surface area contributed by atoms with Gasteiger partial charge in [-0.2, -0.15) is 0 Å². The van der Waals surface area contributed by atoms with Gasteiger partial charge in [-0.25, -0.2) is 4.79 Å². The first-order valence-electron chi connectivity index (χ1n) is 7.59. The number of hydrogen-bond donors (Lipinski definition) is 2. The Balaban J connectivity index is 1.58. The van der Waals surface area contributed by atoms with E-state index in [0.717, 1.165) is 36.2 Å². The van der Waals surface area contributed by atoms with Crippen molar-refractivity contribution in [3.63, 3.8) is 0 Å². The van der Waals surface area contributed by atoms with Gasteiger partial charge >= 0.3 is 6.03 Å². The molecule has 0 saturated heterocycles. The number of carbonyl (C=O) groups excluding carboxylic acids is 1. The largest absolute Gasteiger partial charge is 0.326 e. The summed E-state index contributed by atoms with van der Waals surface area (Å²) in [4.78, 5) is 14.4. The van der Waals surface area contributed by atoms with Crippen LogP contribution < -0.4 is 11.1 Å². The molecular formula is C16H23N3O. The summed E-state index contributed by atoms with van der Waals surface area (Å²) in [7, 11) is 0. The van der Waals surface area contributed by atoms with Crippen molar-refractivity contribution in [1.29, 1.82) is 0 Å². The lowest BCUT2D eigenvalue weighted by atomic mass is 10.2. The SMILES string of the molecule is NCc1ccc(NC(=O)N(CC2CC2)CC2CC2)cc1. The molecular weight excluding hydrogens is 250 g/mol. The molecule has 2 amide bonds. The zero-order valence-electron chi connectivity index (χ0n) is 11.8. The van der Waals surface area contributed by atoms with Gasteiger partial charge in [0, 0.05) is 25.3 Å². The highest BCUT2D eigenvalue weighted by Gasteiger charge is 2.31. The average molecular weight is 273 g/mol. The highest BCUT2D eigenvalue weighted by molar-refractivity contribution is 5.89. The van der Waals surface area contributed by atoms with Crippen LogP contribution in [0.5, 0.6) is 0 Å². The molecule has 1 aromatic rings. The van der Waals surface area contributed by atoms with E-state index < -0.39 is 0 Å². The normalized spacial score (nSPS) is 17.9. The number of nitrogens with zero attached hydrogens (tertiary/aromatic N) is 1. The van der Waals surface area contributed by atoms with Gasteiger partial charge in [0.2, 0.25) is 0 Å². The molecule has 20 heavy (non-hydrogen) atoms. The number of carbonyl (C=O) groups is 1. The highest BCUT2D eigenvalue weighted by atomic mass is 16.2. The van der Waals surface area contributed by atoms with Gasteiger partial charge in [-0.05, 0) is 55.2 Å². The minimum Gasteiger partial charge on any atom is -0.326 e. The fraction of sp³-hybridized carbons (Fsp3) is 0.562.